The molecule has 0 aliphatic rings. The topological polar surface area (TPSA) is 161 Å². The molecule has 0 saturated carbocycles. The van der Waals surface area contributed by atoms with Crippen LogP contribution in [0.2, 0.25) is 0 Å². The van der Waals surface area contributed by atoms with Crippen LogP contribution < -0.4 is 41.4 Å². The Labute approximate surface area is 348 Å². The molecular formula is C44H56N8O8. The second kappa shape index (κ2) is 19.9. The summed E-state index contributed by atoms with van der Waals surface area (Å²) in [6, 6.07) is 11.2. The molecule has 0 aliphatic carbocycles. The van der Waals surface area contributed by atoms with Crippen LogP contribution in [-0.2, 0) is 40.3 Å². The standard InChI is InChI=1S/2C22H28N4O4/c2*1-6-12-25-20-19(21(27)26(13-7-2)22(25)28)24(3)18(23-20)11-9-15-8-10-16(29-4)17(14-15)30-5/h2*8-11,14H,6-7,12-13H2,1-5H3/b11-9+;11-9-. The minimum atomic E-state index is -0.301. The van der Waals surface area contributed by atoms with Crippen molar-refractivity contribution in [3.63, 3.8) is 0 Å². The molecule has 6 aromatic rings. The predicted molar refractivity (Wildman–Crippen MR) is 237 cm³/mol. The van der Waals surface area contributed by atoms with Crippen molar-refractivity contribution in [3.8, 4) is 23.0 Å². The number of imidazole rings is 2. The number of rotatable bonds is 16. The molecule has 4 heterocycles. The Bertz CT molecular complexity index is 2590. The molecule has 0 fully saturated rings. The normalized spacial score (nSPS) is 11.5. The molecule has 0 unspecified atom stereocenters. The van der Waals surface area contributed by atoms with E-state index in [4.69, 9.17) is 18.9 Å². The fourth-order valence-electron chi connectivity index (χ4n) is 7.00. The van der Waals surface area contributed by atoms with Gasteiger partial charge in [-0.3, -0.25) is 27.9 Å². The summed E-state index contributed by atoms with van der Waals surface area (Å²) in [4.78, 5) is 60.9. The highest BCUT2D eigenvalue weighted by molar-refractivity contribution is 5.78. The first-order valence-corrected chi connectivity index (χ1v) is 20.1. The van der Waals surface area contributed by atoms with Crippen molar-refractivity contribution in [2.75, 3.05) is 28.4 Å². The van der Waals surface area contributed by atoms with E-state index < -0.39 is 0 Å². The van der Waals surface area contributed by atoms with E-state index in [1.54, 1.807) is 60.8 Å². The Hall–Kier alpha value is -6.58. The molecule has 16 nitrogen and oxygen atoms in total. The van der Waals surface area contributed by atoms with Crippen LogP contribution >= 0.6 is 0 Å². The van der Waals surface area contributed by atoms with Crippen molar-refractivity contribution < 1.29 is 18.9 Å². The number of hydrogen-bond donors (Lipinski definition) is 0. The lowest BCUT2D eigenvalue weighted by Crippen LogP contribution is -2.40. The molecule has 0 amide bonds. The SMILES string of the molecule is CCCn1c(=O)c2c(nc(/C=C/c3ccc(OC)c(OC)c3)n2C)n(CCC)c1=O.CCCn1c(=O)c2c(nc(/C=C\c3ccc(OC)c(OC)c3)n2C)n(CCC)c1=O. The van der Waals surface area contributed by atoms with Gasteiger partial charge in [0.1, 0.15) is 11.6 Å². The fourth-order valence-corrected chi connectivity index (χ4v) is 7.00. The van der Waals surface area contributed by atoms with Crippen LogP contribution in [-0.4, -0.2) is 65.8 Å². The summed E-state index contributed by atoms with van der Waals surface area (Å²) in [5.41, 5.74) is 2.31. The molecule has 2 aromatic carbocycles. The highest BCUT2D eigenvalue weighted by Crippen LogP contribution is 2.29. The molecule has 0 aliphatic heterocycles. The van der Waals surface area contributed by atoms with Gasteiger partial charge in [-0.25, -0.2) is 19.6 Å². The van der Waals surface area contributed by atoms with Crippen molar-refractivity contribution in [1.82, 2.24) is 37.4 Å². The largest absolute Gasteiger partial charge is 0.493 e. The summed E-state index contributed by atoms with van der Waals surface area (Å²) in [6.07, 6.45) is 10.4. The first-order chi connectivity index (χ1) is 28.9. The predicted octanol–water partition coefficient (Wildman–Crippen LogP) is 5.81. The zero-order valence-electron chi connectivity index (χ0n) is 36.3. The molecule has 60 heavy (non-hydrogen) atoms. The van der Waals surface area contributed by atoms with Crippen LogP contribution in [0.15, 0.2) is 55.6 Å². The highest BCUT2D eigenvalue weighted by Gasteiger charge is 2.20. The average molecular weight is 825 g/mol. The van der Waals surface area contributed by atoms with Crippen molar-refractivity contribution in [3.05, 3.63) is 101 Å². The summed E-state index contributed by atoms with van der Waals surface area (Å²) in [5, 5.41) is 0. The Kier molecular flexibility index (Phi) is 14.8. The maximum Gasteiger partial charge on any atom is 0.332 e. The van der Waals surface area contributed by atoms with E-state index in [0.29, 0.717) is 96.0 Å². The van der Waals surface area contributed by atoms with Crippen LogP contribution in [0.1, 0.15) is 76.2 Å². The number of aryl methyl sites for hydroxylation is 4. The molecule has 4 aromatic heterocycles. The second-order valence-electron chi connectivity index (χ2n) is 14.1. The zero-order chi connectivity index (χ0) is 43.7. The summed E-state index contributed by atoms with van der Waals surface area (Å²) in [7, 11) is 9.95. The van der Waals surface area contributed by atoms with Crippen molar-refractivity contribution in [1.29, 1.82) is 0 Å². The molecule has 6 rings (SSSR count). The Morgan fingerprint density at radius 2 is 0.817 bits per heavy atom. The summed E-state index contributed by atoms with van der Waals surface area (Å²) in [5.74, 6) is 3.74. The van der Waals surface area contributed by atoms with E-state index >= 15 is 0 Å². The molecule has 0 atom stereocenters. The molecule has 0 N–H and O–H groups in total. The number of ether oxygens (including phenoxy) is 4. The molecule has 0 radical (unpaired) electrons. The number of benzene rings is 2. The first-order valence-electron chi connectivity index (χ1n) is 20.1. The number of hydrogen-bond acceptors (Lipinski definition) is 10. The lowest BCUT2D eigenvalue weighted by atomic mass is 10.2. The quantitative estimate of drug-likeness (QED) is 0.117. The van der Waals surface area contributed by atoms with E-state index in [-0.39, 0.29) is 22.5 Å². The van der Waals surface area contributed by atoms with Gasteiger partial charge in [-0.2, -0.15) is 0 Å². The number of fused-ring (bicyclic) bond motifs is 2. The lowest BCUT2D eigenvalue weighted by Gasteiger charge is -2.10. The monoisotopic (exact) mass is 824 g/mol. The average Bonchev–Trinajstić information content (AvgIpc) is 3.77. The van der Waals surface area contributed by atoms with Gasteiger partial charge in [0.25, 0.3) is 11.1 Å². The molecule has 0 bridgehead atoms. The van der Waals surface area contributed by atoms with E-state index in [1.165, 1.54) is 9.13 Å². The Balaban J connectivity index is 0.000000228. The van der Waals surface area contributed by atoms with Crippen molar-refractivity contribution >= 4 is 46.6 Å². The molecule has 320 valence electrons. The third-order valence-corrected chi connectivity index (χ3v) is 10.0. The maximum absolute atomic E-state index is 13.0. The van der Waals surface area contributed by atoms with Gasteiger partial charge >= 0.3 is 11.4 Å². The molecule has 0 saturated heterocycles. The van der Waals surface area contributed by atoms with Crippen LogP contribution in [0.5, 0.6) is 23.0 Å². The highest BCUT2D eigenvalue weighted by atomic mass is 16.5. The van der Waals surface area contributed by atoms with E-state index in [1.807, 2.05) is 88.4 Å². The summed E-state index contributed by atoms with van der Waals surface area (Å²) < 4.78 is 30.5. The first kappa shape index (κ1) is 44.5. The minimum absolute atomic E-state index is 0.301. The lowest BCUT2D eigenvalue weighted by molar-refractivity contribution is 0.355. The second-order valence-corrected chi connectivity index (χ2v) is 14.1. The van der Waals surface area contributed by atoms with Gasteiger partial charge in [-0.15, -0.1) is 0 Å². The van der Waals surface area contributed by atoms with Crippen LogP contribution in [0.4, 0.5) is 0 Å². The van der Waals surface area contributed by atoms with Crippen molar-refractivity contribution in [2.45, 2.75) is 79.6 Å². The van der Waals surface area contributed by atoms with E-state index in [0.717, 1.165) is 24.0 Å². The number of methoxy groups -OCH3 is 4. The van der Waals surface area contributed by atoms with Gasteiger partial charge < -0.3 is 28.1 Å². The van der Waals surface area contributed by atoms with Crippen LogP contribution in [0, 0.1) is 0 Å². The molecular weight excluding hydrogens is 769 g/mol. The van der Waals surface area contributed by atoms with Gasteiger partial charge in [-0.05, 0) is 73.2 Å². The van der Waals surface area contributed by atoms with Gasteiger partial charge in [0.15, 0.2) is 45.3 Å². The maximum atomic E-state index is 13.0. The molecule has 16 heteroatoms. The van der Waals surface area contributed by atoms with E-state index in [2.05, 4.69) is 9.97 Å². The van der Waals surface area contributed by atoms with Crippen LogP contribution in [0.25, 0.3) is 46.6 Å². The van der Waals surface area contributed by atoms with E-state index in [9.17, 15) is 19.2 Å². The fraction of sp³-hybridized carbons (Fsp3) is 0.409. The third-order valence-electron chi connectivity index (χ3n) is 10.0. The Morgan fingerprint density at radius 1 is 0.483 bits per heavy atom. The van der Waals surface area contributed by atoms with Gasteiger partial charge in [-0.1, -0.05) is 52.0 Å². The summed E-state index contributed by atoms with van der Waals surface area (Å²) in [6.45, 7) is 9.67. The number of nitrogens with zero attached hydrogens (tertiary/aromatic N) is 8. The minimum Gasteiger partial charge on any atom is -0.493 e. The van der Waals surface area contributed by atoms with Gasteiger partial charge in [0.2, 0.25) is 0 Å². The number of aromatic nitrogens is 8. The third kappa shape index (κ3) is 8.87. The Morgan fingerprint density at radius 3 is 1.13 bits per heavy atom. The van der Waals surface area contributed by atoms with Crippen molar-refractivity contribution in [2.24, 2.45) is 14.1 Å². The van der Waals surface area contributed by atoms with Crippen LogP contribution in [0.3, 0.4) is 0 Å². The van der Waals surface area contributed by atoms with Gasteiger partial charge in [0, 0.05) is 40.3 Å². The zero-order valence-corrected chi connectivity index (χ0v) is 36.3. The van der Waals surface area contributed by atoms with Gasteiger partial charge in [0.05, 0.1) is 28.4 Å². The smallest absolute Gasteiger partial charge is 0.332 e. The molecule has 0 spiro atoms. The summed E-state index contributed by atoms with van der Waals surface area (Å²) >= 11 is 0.